The first-order valence-corrected chi connectivity index (χ1v) is 11.0. The second-order valence-corrected chi connectivity index (χ2v) is 8.45. The third kappa shape index (κ3) is 6.05. The minimum absolute atomic E-state index is 0.239. The fourth-order valence-corrected chi connectivity index (χ4v) is 4.21. The van der Waals surface area contributed by atoms with E-state index >= 15 is 0 Å². The SMILES string of the molecule is CC(C#N)C(=O)Nc1cccc(C2CCN(CCC(C)C3=CCCC=C3)CC2)c1. The molecule has 0 saturated carbocycles. The number of allylic oxidation sites excluding steroid dienone is 4. The van der Waals surface area contributed by atoms with Gasteiger partial charge in [0.15, 0.2) is 0 Å². The van der Waals surface area contributed by atoms with Crippen molar-refractivity contribution in [1.82, 2.24) is 4.90 Å². The van der Waals surface area contributed by atoms with Crippen LogP contribution in [-0.4, -0.2) is 30.4 Å². The summed E-state index contributed by atoms with van der Waals surface area (Å²) in [5.74, 6) is 0.305. The van der Waals surface area contributed by atoms with Crippen LogP contribution in [0.4, 0.5) is 5.69 Å². The molecule has 4 heteroatoms. The average Bonchev–Trinajstić information content (AvgIpc) is 2.78. The molecule has 2 aliphatic rings. The Morgan fingerprint density at radius 2 is 2.07 bits per heavy atom. The van der Waals surface area contributed by atoms with Crippen molar-refractivity contribution in [2.45, 2.75) is 51.9 Å². The molecule has 2 atom stereocenters. The van der Waals surface area contributed by atoms with Gasteiger partial charge in [0.25, 0.3) is 0 Å². The third-order valence-electron chi connectivity index (χ3n) is 6.27. The normalized spacial score (nSPS) is 19.8. The van der Waals surface area contributed by atoms with Crippen LogP contribution < -0.4 is 5.32 Å². The van der Waals surface area contributed by atoms with E-state index in [-0.39, 0.29) is 5.91 Å². The topological polar surface area (TPSA) is 56.1 Å². The standard InChI is InChI=1S/C25H33N3O/c1-19(21-7-4-3-5-8-21)11-14-28-15-12-22(13-16-28)23-9-6-10-24(17-23)27-25(29)20(2)18-26/h4,6-10,17,19-20,22H,3,5,11-16H2,1-2H3,(H,27,29). The summed E-state index contributed by atoms with van der Waals surface area (Å²) in [5, 5.41) is 11.8. The van der Waals surface area contributed by atoms with Crippen molar-refractivity contribution < 1.29 is 4.79 Å². The predicted molar refractivity (Wildman–Crippen MR) is 119 cm³/mol. The summed E-state index contributed by atoms with van der Waals surface area (Å²) >= 11 is 0. The zero-order valence-electron chi connectivity index (χ0n) is 17.7. The maximum atomic E-state index is 12.0. The molecular weight excluding hydrogens is 358 g/mol. The van der Waals surface area contributed by atoms with Crippen LogP contribution in [0.5, 0.6) is 0 Å². The van der Waals surface area contributed by atoms with Gasteiger partial charge < -0.3 is 10.2 Å². The molecule has 154 valence electrons. The maximum Gasteiger partial charge on any atom is 0.241 e. The maximum absolute atomic E-state index is 12.0. The number of piperidine rings is 1. The third-order valence-corrected chi connectivity index (χ3v) is 6.27. The van der Waals surface area contributed by atoms with Gasteiger partial charge in [-0.3, -0.25) is 4.79 Å². The van der Waals surface area contributed by atoms with E-state index in [0.29, 0.717) is 11.8 Å². The average molecular weight is 392 g/mol. The molecule has 0 bridgehead atoms. The fourth-order valence-electron chi connectivity index (χ4n) is 4.21. The van der Waals surface area contributed by atoms with Crippen LogP contribution in [0, 0.1) is 23.2 Å². The van der Waals surface area contributed by atoms with Gasteiger partial charge in [0, 0.05) is 5.69 Å². The van der Waals surface area contributed by atoms with Crippen molar-refractivity contribution in [2.75, 3.05) is 25.0 Å². The van der Waals surface area contributed by atoms with E-state index in [1.54, 1.807) is 6.92 Å². The Kier molecular flexibility index (Phi) is 7.66. The number of benzene rings is 1. The number of nitriles is 1. The largest absolute Gasteiger partial charge is 0.325 e. The highest BCUT2D eigenvalue weighted by Crippen LogP contribution is 2.30. The van der Waals surface area contributed by atoms with Crippen molar-refractivity contribution in [3.63, 3.8) is 0 Å². The van der Waals surface area contributed by atoms with Gasteiger partial charge in [0.1, 0.15) is 5.92 Å². The summed E-state index contributed by atoms with van der Waals surface area (Å²) < 4.78 is 0. The minimum atomic E-state index is -0.635. The lowest BCUT2D eigenvalue weighted by Gasteiger charge is -2.33. The van der Waals surface area contributed by atoms with Crippen LogP contribution in [0.3, 0.4) is 0 Å². The second-order valence-electron chi connectivity index (χ2n) is 8.45. The van der Waals surface area contributed by atoms with Gasteiger partial charge in [-0.2, -0.15) is 5.26 Å². The van der Waals surface area contributed by atoms with Gasteiger partial charge in [-0.05, 0) is 93.8 Å². The van der Waals surface area contributed by atoms with Crippen LogP contribution in [0.15, 0.2) is 48.1 Å². The summed E-state index contributed by atoms with van der Waals surface area (Å²) in [5.41, 5.74) is 3.59. The molecule has 0 spiro atoms. The highest BCUT2D eigenvalue weighted by molar-refractivity contribution is 5.93. The van der Waals surface area contributed by atoms with Crippen molar-refractivity contribution in [3.8, 4) is 6.07 Å². The highest BCUT2D eigenvalue weighted by atomic mass is 16.1. The molecule has 4 nitrogen and oxygen atoms in total. The van der Waals surface area contributed by atoms with Crippen molar-refractivity contribution in [2.24, 2.45) is 11.8 Å². The van der Waals surface area contributed by atoms with Crippen LogP contribution in [-0.2, 0) is 4.79 Å². The zero-order valence-corrected chi connectivity index (χ0v) is 17.7. The van der Waals surface area contributed by atoms with E-state index in [4.69, 9.17) is 5.26 Å². The number of likely N-dealkylation sites (tertiary alicyclic amines) is 1. The lowest BCUT2D eigenvalue weighted by atomic mass is 9.88. The van der Waals surface area contributed by atoms with E-state index in [0.717, 1.165) is 31.6 Å². The highest BCUT2D eigenvalue weighted by Gasteiger charge is 2.22. The number of carbonyl (C=O) groups excluding carboxylic acids is 1. The van der Waals surface area contributed by atoms with Crippen LogP contribution in [0.2, 0.25) is 0 Å². The number of carbonyl (C=O) groups is 1. The van der Waals surface area contributed by atoms with Gasteiger partial charge in [0.05, 0.1) is 6.07 Å². The summed E-state index contributed by atoms with van der Waals surface area (Å²) in [6.45, 7) is 7.40. The number of nitrogens with one attached hydrogen (secondary N) is 1. The molecule has 1 fully saturated rings. The molecule has 1 aromatic carbocycles. The molecule has 29 heavy (non-hydrogen) atoms. The first-order valence-electron chi connectivity index (χ1n) is 11.0. The van der Waals surface area contributed by atoms with E-state index < -0.39 is 5.92 Å². The van der Waals surface area contributed by atoms with Gasteiger partial charge in [-0.15, -0.1) is 0 Å². The fraction of sp³-hybridized carbons (Fsp3) is 0.520. The van der Waals surface area contributed by atoms with Gasteiger partial charge in [-0.1, -0.05) is 37.3 Å². The Balaban J connectivity index is 1.47. The van der Waals surface area contributed by atoms with E-state index in [2.05, 4.69) is 47.5 Å². The van der Waals surface area contributed by atoms with Crippen LogP contribution in [0.1, 0.15) is 57.4 Å². The molecule has 0 radical (unpaired) electrons. The van der Waals surface area contributed by atoms with Gasteiger partial charge >= 0.3 is 0 Å². The molecule has 1 amide bonds. The summed E-state index contributed by atoms with van der Waals surface area (Å²) in [6, 6.07) is 10.1. The molecular formula is C25H33N3O. The first kappa shape index (κ1) is 21.3. The Morgan fingerprint density at radius 1 is 1.28 bits per heavy atom. The smallest absolute Gasteiger partial charge is 0.241 e. The van der Waals surface area contributed by atoms with Crippen LogP contribution in [0.25, 0.3) is 0 Å². The van der Waals surface area contributed by atoms with Crippen molar-refractivity contribution >= 4 is 11.6 Å². The molecule has 2 unspecified atom stereocenters. The molecule has 1 aromatic rings. The van der Waals surface area contributed by atoms with Gasteiger partial charge in [0.2, 0.25) is 5.91 Å². The van der Waals surface area contributed by atoms with E-state index in [1.807, 2.05) is 18.2 Å². The number of hydrogen-bond acceptors (Lipinski definition) is 3. The van der Waals surface area contributed by atoms with Gasteiger partial charge in [-0.25, -0.2) is 0 Å². The lowest BCUT2D eigenvalue weighted by molar-refractivity contribution is -0.117. The quantitative estimate of drug-likeness (QED) is 0.689. The summed E-state index contributed by atoms with van der Waals surface area (Å²) in [4.78, 5) is 14.6. The number of nitrogens with zero attached hydrogens (tertiary/aromatic N) is 2. The number of hydrogen-bond donors (Lipinski definition) is 1. The second kappa shape index (κ2) is 10.4. The predicted octanol–water partition coefficient (Wildman–Crippen LogP) is 5.27. The Labute approximate surface area is 175 Å². The summed E-state index contributed by atoms with van der Waals surface area (Å²) in [7, 11) is 0. The molecule has 1 aliphatic heterocycles. The molecule has 1 saturated heterocycles. The monoisotopic (exact) mass is 391 g/mol. The molecule has 1 aliphatic carbocycles. The first-order chi connectivity index (χ1) is 14.1. The number of amides is 1. The Bertz CT molecular complexity index is 797. The molecule has 1 heterocycles. The lowest BCUT2D eigenvalue weighted by Crippen LogP contribution is -2.34. The molecule has 0 aromatic heterocycles. The Hall–Kier alpha value is -2.38. The van der Waals surface area contributed by atoms with Crippen molar-refractivity contribution in [3.05, 3.63) is 53.6 Å². The van der Waals surface area contributed by atoms with Crippen molar-refractivity contribution in [1.29, 1.82) is 5.26 Å². The zero-order chi connectivity index (χ0) is 20.6. The number of anilines is 1. The van der Waals surface area contributed by atoms with Crippen LogP contribution >= 0.6 is 0 Å². The minimum Gasteiger partial charge on any atom is -0.325 e. The molecule has 3 rings (SSSR count). The molecule has 1 N–H and O–H groups in total. The van der Waals surface area contributed by atoms with E-state index in [1.165, 1.54) is 36.9 Å². The Morgan fingerprint density at radius 3 is 2.76 bits per heavy atom. The summed E-state index contributed by atoms with van der Waals surface area (Å²) in [6.07, 6.45) is 12.9. The van der Waals surface area contributed by atoms with E-state index in [9.17, 15) is 4.79 Å². The number of rotatable bonds is 7.